The highest BCUT2D eigenvalue weighted by molar-refractivity contribution is 6.15. The number of hydrogen-bond acceptors (Lipinski definition) is 3. The van der Waals surface area contributed by atoms with Crippen molar-refractivity contribution in [3.8, 4) is 0 Å². The van der Waals surface area contributed by atoms with Crippen molar-refractivity contribution in [1.29, 1.82) is 0 Å². The molecule has 0 saturated heterocycles. The van der Waals surface area contributed by atoms with E-state index in [1.165, 1.54) is 6.92 Å². The minimum Gasteiger partial charge on any atom is -0.368 e. The molecule has 0 aromatic heterocycles. The predicted octanol–water partition coefficient (Wildman–Crippen LogP) is 3.17. The van der Waals surface area contributed by atoms with Crippen LogP contribution >= 0.6 is 0 Å². The lowest BCUT2D eigenvalue weighted by Gasteiger charge is -2.28. The number of fused-ring (bicyclic) bond motifs is 1. The second-order valence-corrected chi connectivity index (χ2v) is 5.15. The fraction of sp³-hybridized carbons (Fsp3) is 0.176. The number of hydrogen-bond donors (Lipinski definition) is 1. The zero-order valence-electron chi connectivity index (χ0n) is 11.2. The van der Waals surface area contributed by atoms with Crippen molar-refractivity contribution < 1.29 is 9.59 Å². The van der Waals surface area contributed by atoms with E-state index in [1.807, 2.05) is 48.5 Å². The van der Waals surface area contributed by atoms with E-state index in [0.717, 1.165) is 11.3 Å². The standard InChI is InChI=1S/C17H15NO2/c1-12(19)11-17(13-7-3-2-4-8-13)16(20)14-9-5-6-10-15(14)18-17/h2-10,18H,11H2,1H3/t17-/m0/s1. The summed E-state index contributed by atoms with van der Waals surface area (Å²) in [6, 6.07) is 16.8. The summed E-state index contributed by atoms with van der Waals surface area (Å²) in [6.45, 7) is 1.52. The van der Waals surface area contributed by atoms with Crippen LogP contribution in [0.4, 0.5) is 5.69 Å². The Hall–Kier alpha value is -2.42. The molecule has 0 spiro atoms. The maximum Gasteiger partial charge on any atom is 0.195 e. The van der Waals surface area contributed by atoms with Gasteiger partial charge in [-0.2, -0.15) is 0 Å². The van der Waals surface area contributed by atoms with Crippen LogP contribution in [0.5, 0.6) is 0 Å². The highest BCUT2D eigenvalue weighted by Crippen LogP contribution is 2.41. The Morgan fingerprint density at radius 3 is 2.35 bits per heavy atom. The topological polar surface area (TPSA) is 46.2 Å². The lowest BCUT2D eigenvalue weighted by atomic mass is 9.82. The molecule has 3 rings (SSSR count). The summed E-state index contributed by atoms with van der Waals surface area (Å²) >= 11 is 0. The molecule has 20 heavy (non-hydrogen) atoms. The molecule has 0 aliphatic carbocycles. The van der Waals surface area contributed by atoms with Gasteiger partial charge in [0.2, 0.25) is 0 Å². The molecule has 0 saturated carbocycles. The third kappa shape index (κ3) is 1.83. The second-order valence-electron chi connectivity index (χ2n) is 5.15. The van der Waals surface area contributed by atoms with E-state index in [2.05, 4.69) is 5.32 Å². The first-order chi connectivity index (χ1) is 9.63. The lowest BCUT2D eigenvalue weighted by molar-refractivity contribution is -0.117. The van der Waals surface area contributed by atoms with Crippen LogP contribution in [0.15, 0.2) is 54.6 Å². The van der Waals surface area contributed by atoms with Crippen LogP contribution in [0, 0.1) is 0 Å². The van der Waals surface area contributed by atoms with Crippen molar-refractivity contribution in [2.45, 2.75) is 18.9 Å². The van der Waals surface area contributed by atoms with Crippen LogP contribution < -0.4 is 5.32 Å². The largest absolute Gasteiger partial charge is 0.368 e. The second kappa shape index (κ2) is 4.60. The minimum absolute atomic E-state index is 0.0116. The average molecular weight is 265 g/mol. The predicted molar refractivity (Wildman–Crippen MR) is 77.8 cm³/mol. The molecule has 1 heterocycles. The van der Waals surface area contributed by atoms with Gasteiger partial charge < -0.3 is 5.32 Å². The molecule has 0 fully saturated rings. The molecule has 3 nitrogen and oxygen atoms in total. The van der Waals surface area contributed by atoms with Gasteiger partial charge in [-0.25, -0.2) is 0 Å². The van der Waals surface area contributed by atoms with Gasteiger partial charge in [-0.15, -0.1) is 0 Å². The number of ketones is 2. The van der Waals surface area contributed by atoms with Gasteiger partial charge in [-0.3, -0.25) is 9.59 Å². The number of Topliss-reactive ketones (excluding diaryl/α,β-unsaturated/α-hetero) is 2. The van der Waals surface area contributed by atoms with Crippen LogP contribution in [0.1, 0.15) is 29.3 Å². The third-order valence-corrected chi connectivity index (χ3v) is 3.69. The van der Waals surface area contributed by atoms with Gasteiger partial charge in [0, 0.05) is 17.7 Å². The van der Waals surface area contributed by atoms with Crippen molar-refractivity contribution in [2.75, 3.05) is 5.32 Å². The molecule has 0 unspecified atom stereocenters. The summed E-state index contributed by atoms with van der Waals surface area (Å²) in [5, 5.41) is 3.28. The van der Waals surface area contributed by atoms with Gasteiger partial charge >= 0.3 is 0 Å². The smallest absolute Gasteiger partial charge is 0.195 e. The van der Waals surface area contributed by atoms with E-state index >= 15 is 0 Å². The fourth-order valence-corrected chi connectivity index (χ4v) is 2.83. The molecule has 1 aliphatic heterocycles. The maximum absolute atomic E-state index is 12.8. The highest BCUT2D eigenvalue weighted by atomic mass is 16.1. The van der Waals surface area contributed by atoms with E-state index in [1.54, 1.807) is 6.07 Å². The minimum atomic E-state index is -0.962. The first-order valence-electron chi connectivity index (χ1n) is 6.60. The van der Waals surface area contributed by atoms with E-state index in [4.69, 9.17) is 0 Å². The van der Waals surface area contributed by atoms with E-state index in [-0.39, 0.29) is 18.0 Å². The SMILES string of the molecule is CC(=O)C[C@@]1(c2ccccc2)Nc2ccccc2C1=O. The summed E-state index contributed by atoms with van der Waals surface area (Å²) in [5.41, 5.74) is 1.31. The molecular formula is C17H15NO2. The Kier molecular flexibility index (Phi) is 2.90. The molecule has 2 aromatic carbocycles. The summed E-state index contributed by atoms with van der Waals surface area (Å²) in [5.74, 6) is -0.0444. The highest BCUT2D eigenvalue weighted by Gasteiger charge is 2.47. The zero-order chi connectivity index (χ0) is 14.2. The van der Waals surface area contributed by atoms with Crippen molar-refractivity contribution in [2.24, 2.45) is 0 Å². The lowest BCUT2D eigenvalue weighted by Crippen LogP contribution is -2.40. The molecule has 0 radical (unpaired) electrons. The van der Waals surface area contributed by atoms with E-state index in [9.17, 15) is 9.59 Å². The molecule has 1 aliphatic rings. The maximum atomic E-state index is 12.8. The quantitative estimate of drug-likeness (QED) is 0.927. The van der Waals surface area contributed by atoms with Crippen molar-refractivity contribution in [1.82, 2.24) is 0 Å². The Balaban J connectivity index is 2.15. The number of para-hydroxylation sites is 1. The molecule has 0 bridgehead atoms. The molecule has 100 valence electrons. The van der Waals surface area contributed by atoms with Gasteiger partial charge in [0.15, 0.2) is 5.78 Å². The van der Waals surface area contributed by atoms with E-state index < -0.39 is 5.54 Å². The number of benzene rings is 2. The fourth-order valence-electron chi connectivity index (χ4n) is 2.83. The normalized spacial score (nSPS) is 20.4. The van der Waals surface area contributed by atoms with Crippen LogP contribution in [0.2, 0.25) is 0 Å². The molecule has 2 aromatic rings. The Morgan fingerprint density at radius 2 is 1.70 bits per heavy atom. The van der Waals surface area contributed by atoms with E-state index in [0.29, 0.717) is 5.56 Å². The van der Waals surface area contributed by atoms with Crippen LogP contribution in [-0.2, 0) is 10.3 Å². The Labute approximate surface area is 117 Å². The number of rotatable bonds is 3. The number of nitrogens with one attached hydrogen (secondary N) is 1. The van der Waals surface area contributed by atoms with Gasteiger partial charge in [-0.05, 0) is 24.6 Å². The monoisotopic (exact) mass is 265 g/mol. The van der Waals surface area contributed by atoms with Gasteiger partial charge in [-0.1, -0.05) is 42.5 Å². The number of carbonyl (C=O) groups excluding carboxylic acids is 2. The summed E-state index contributed by atoms with van der Waals surface area (Å²) in [7, 11) is 0. The Bertz CT molecular complexity index is 678. The van der Waals surface area contributed by atoms with Crippen molar-refractivity contribution >= 4 is 17.3 Å². The van der Waals surface area contributed by atoms with Crippen LogP contribution in [0.25, 0.3) is 0 Å². The molecule has 0 amide bonds. The molecular weight excluding hydrogens is 250 g/mol. The van der Waals surface area contributed by atoms with Crippen LogP contribution in [-0.4, -0.2) is 11.6 Å². The van der Waals surface area contributed by atoms with Gasteiger partial charge in [0.25, 0.3) is 0 Å². The van der Waals surface area contributed by atoms with Crippen molar-refractivity contribution in [3.05, 3.63) is 65.7 Å². The third-order valence-electron chi connectivity index (χ3n) is 3.69. The number of anilines is 1. The first-order valence-corrected chi connectivity index (χ1v) is 6.60. The first kappa shape index (κ1) is 12.6. The van der Waals surface area contributed by atoms with Gasteiger partial charge in [0.1, 0.15) is 11.3 Å². The van der Waals surface area contributed by atoms with Crippen molar-refractivity contribution in [3.63, 3.8) is 0 Å². The zero-order valence-corrected chi connectivity index (χ0v) is 11.2. The molecule has 3 heteroatoms. The molecule has 1 N–H and O–H groups in total. The van der Waals surface area contributed by atoms with Gasteiger partial charge in [0.05, 0.1) is 0 Å². The Morgan fingerprint density at radius 1 is 1.05 bits per heavy atom. The number of carbonyl (C=O) groups is 2. The van der Waals surface area contributed by atoms with Crippen LogP contribution in [0.3, 0.4) is 0 Å². The average Bonchev–Trinajstić information content (AvgIpc) is 2.74. The summed E-state index contributed by atoms with van der Waals surface area (Å²) < 4.78 is 0. The summed E-state index contributed by atoms with van der Waals surface area (Å²) in [6.07, 6.45) is 0.157. The summed E-state index contributed by atoms with van der Waals surface area (Å²) in [4.78, 5) is 24.5. The molecule has 1 atom stereocenters.